The largest absolute Gasteiger partial charge is 0.367 e. The Morgan fingerprint density at radius 1 is 1.11 bits per heavy atom. The summed E-state index contributed by atoms with van der Waals surface area (Å²) in [7, 11) is 0. The van der Waals surface area contributed by atoms with Gasteiger partial charge in [0.05, 0.1) is 16.8 Å². The second-order valence-electron chi connectivity index (χ2n) is 6.85. The van der Waals surface area contributed by atoms with Crippen molar-refractivity contribution in [3.8, 4) is 0 Å². The van der Waals surface area contributed by atoms with Gasteiger partial charge in [0.1, 0.15) is 0 Å². The summed E-state index contributed by atoms with van der Waals surface area (Å²) in [6.45, 7) is 7.19. The van der Waals surface area contributed by atoms with Gasteiger partial charge in [0.25, 0.3) is 5.91 Å². The molecule has 1 aromatic carbocycles. The molecule has 27 heavy (non-hydrogen) atoms. The fourth-order valence-electron chi connectivity index (χ4n) is 3.65. The van der Waals surface area contributed by atoms with Crippen molar-refractivity contribution in [3.63, 3.8) is 0 Å². The minimum absolute atomic E-state index is 0.0537. The second kappa shape index (κ2) is 7.27. The highest BCUT2D eigenvalue weighted by Gasteiger charge is 2.25. The van der Waals surface area contributed by atoms with Crippen LogP contribution in [0.4, 0.5) is 5.69 Å². The standard InChI is InChI=1S/C21H21BrN4O/c1-14-15(2)24-19-6-5-17(22)12-18(19)20(14)25-8-10-26(11-9-25)21(27)16-4-3-7-23-13-16/h3-7,12-13H,8-11H2,1-2H3. The molecule has 0 saturated carbocycles. The van der Waals surface area contributed by atoms with Gasteiger partial charge >= 0.3 is 0 Å². The highest BCUT2D eigenvalue weighted by atomic mass is 79.9. The van der Waals surface area contributed by atoms with Gasteiger partial charge in [-0.05, 0) is 49.7 Å². The molecule has 2 aromatic heterocycles. The molecule has 0 aliphatic carbocycles. The summed E-state index contributed by atoms with van der Waals surface area (Å²) < 4.78 is 1.05. The number of aryl methyl sites for hydroxylation is 1. The first kappa shape index (κ1) is 17.9. The molecule has 0 bridgehead atoms. The molecule has 0 N–H and O–H groups in total. The Hall–Kier alpha value is -2.47. The van der Waals surface area contributed by atoms with E-state index in [-0.39, 0.29) is 5.91 Å². The van der Waals surface area contributed by atoms with E-state index in [1.165, 1.54) is 11.3 Å². The molecule has 1 saturated heterocycles. The van der Waals surface area contributed by atoms with Gasteiger partial charge in [-0.15, -0.1) is 0 Å². The number of amides is 1. The number of halogens is 1. The van der Waals surface area contributed by atoms with E-state index in [0.717, 1.165) is 34.2 Å². The third kappa shape index (κ3) is 3.41. The first-order valence-corrected chi connectivity index (χ1v) is 9.84. The number of rotatable bonds is 2. The molecular formula is C21H21BrN4O. The van der Waals surface area contributed by atoms with E-state index >= 15 is 0 Å². The number of benzene rings is 1. The summed E-state index contributed by atoms with van der Waals surface area (Å²) in [5, 5.41) is 1.15. The summed E-state index contributed by atoms with van der Waals surface area (Å²) in [5.41, 5.74) is 5.13. The van der Waals surface area contributed by atoms with Crippen molar-refractivity contribution in [2.75, 3.05) is 31.1 Å². The quantitative estimate of drug-likeness (QED) is 0.624. The van der Waals surface area contributed by atoms with Crippen LogP contribution in [0.15, 0.2) is 47.2 Å². The molecule has 5 nitrogen and oxygen atoms in total. The van der Waals surface area contributed by atoms with Crippen molar-refractivity contribution in [1.29, 1.82) is 0 Å². The number of pyridine rings is 2. The van der Waals surface area contributed by atoms with Crippen LogP contribution in [0.3, 0.4) is 0 Å². The molecule has 1 aliphatic heterocycles. The molecule has 6 heteroatoms. The molecule has 0 unspecified atom stereocenters. The van der Waals surface area contributed by atoms with E-state index in [1.54, 1.807) is 18.5 Å². The van der Waals surface area contributed by atoms with Crippen LogP contribution < -0.4 is 4.90 Å². The predicted octanol–water partition coefficient (Wildman–Crippen LogP) is 3.97. The zero-order valence-electron chi connectivity index (χ0n) is 15.4. The van der Waals surface area contributed by atoms with Gasteiger partial charge in [-0.1, -0.05) is 15.9 Å². The third-order valence-corrected chi connectivity index (χ3v) is 5.68. The summed E-state index contributed by atoms with van der Waals surface area (Å²) in [6, 6.07) is 9.84. The lowest BCUT2D eigenvalue weighted by atomic mass is 10.1. The van der Waals surface area contributed by atoms with Crippen LogP contribution in [-0.2, 0) is 0 Å². The molecule has 1 fully saturated rings. The maximum atomic E-state index is 12.7. The normalized spacial score (nSPS) is 14.6. The SMILES string of the molecule is Cc1nc2ccc(Br)cc2c(N2CCN(C(=O)c3cccnc3)CC2)c1C. The van der Waals surface area contributed by atoms with Gasteiger partial charge in [0.2, 0.25) is 0 Å². The lowest BCUT2D eigenvalue weighted by molar-refractivity contribution is 0.0746. The van der Waals surface area contributed by atoms with Gasteiger partial charge in [0, 0.05) is 54.1 Å². The van der Waals surface area contributed by atoms with Crippen molar-refractivity contribution < 1.29 is 4.79 Å². The van der Waals surface area contributed by atoms with Crippen LogP contribution in [0.5, 0.6) is 0 Å². The van der Waals surface area contributed by atoms with Gasteiger partial charge in [-0.25, -0.2) is 0 Å². The number of aromatic nitrogens is 2. The maximum Gasteiger partial charge on any atom is 0.255 e. The highest BCUT2D eigenvalue weighted by Crippen LogP contribution is 2.33. The first-order valence-electron chi connectivity index (χ1n) is 9.05. The van der Waals surface area contributed by atoms with E-state index in [4.69, 9.17) is 4.98 Å². The lowest BCUT2D eigenvalue weighted by Crippen LogP contribution is -2.49. The molecule has 138 valence electrons. The Morgan fingerprint density at radius 2 is 1.89 bits per heavy atom. The zero-order valence-corrected chi connectivity index (χ0v) is 17.0. The van der Waals surface area contributed by atoms with Crippen molar-refractivity contribution in [1.82, 2.24) is 14.9 Å². The number of hydrogen-bond acceptors (Lipinski definition) is 4. The van der Waals surface area contributed by atoms with E-state index in [1.807, 2.05) is 17.0 Å². The Bertz CT molecular complexity index is 998. The van der Waals surface area contributed by atoms with Crippen LogP contribution >= 0.6 is 15.9 Å². The molecule has 1 aliphatic rings. The third-order valence-electron chi connectivity index (χ3n) is 5.19. The number of anilines is 1. The summed E-state index contributed by atoms with van der Waals surface area (Å²) in [6.07, 6.45) is 3.32. The smallest absolute Gasteiger partial charge is 0.255 e. The summed E-state index contributed by atoms with van der Waals surface area (Å²) in [5.74, 6) is 0.0537. The Labute approximate surface area is 167 Å². The van der Waals surface area contributed by atoms with Crippen LogP contribution in [0.1, 0.15) is 21.6 Å². The van der Waals surface area contributed by atoms with E-state index in [9.17, 15) is 4.79 Å². The Kier molecular flexibility index (Phi) is 4.83. The summed E-state index contributed by atoms with van der Waals surface area (Å²) >= 11 is 3.58. The molecule has 1 amide bonds. The maximum absolute atomic E-state index is 12.7. The molecule has 0 radical (unpaired) electrons. The van der Waals surface area contributed by atoms with E-state index < -0.39 is 0 Å². The Morgan fingerprint density at radius 3 is 2.59 bits per heavy atom. The molecule has 0 spiro atoms. The number of fused-ring (bicyclic) bond motifs is 1. The monoisotopic (exact) mass is 424 g/mol. The Balaban J connectivity index is 1.61. The van der Waals surface area contributed by atoms with E-state index in [2.05, 4.69) is 51.8 Å². The topological polar surface area (TPSA) is 49.3 Å². The van der Waals surface area contributed by atoms with Crippen molar-refractivity contribution in [2.45, 2.75) is 13.8 Å². The molecule has 0 atom stereocenters. The number of hydrogen-bond donors (Lipinski definition) is 0. The van der Waals surface area contributed by atoms with Gasteiger partial charge < -0.3 is 9.80 Å². The lowest BCUT2D eigenvalue weighted by Gasteiger charge is -2.37. The first-order chi connectivity index (χ1) is 13.0. The predicted molar refractivity (Wildman–Crippen MR) is 111 cm³/mol. The number of piperazine rings is 1. The van der Waals surface area contributed by atoms with Crippen LogP contribution in [0, 0.1) is 13.8 Å². The van der Waals surface area contributed by atoms with Crippen LogP contribution in [0.25, 0.3) is 10.9 Å². The second-order valence-corrected chi connectivity index (χ2v) is 7.77. The highest BCUT2D eigenvalue weighted by molar-refractivity contribution is 9.10. The molecule has 3 aromatic rings. The number of carbonyl (C=O) groups is 1. The number of nitrogens with zero attached hydrogens (tertiary/aromatic N) is 4. The minimum Gasteiger partial charge on any atom is -0.367 e. The van der Waals surface area contributed by atoms with Crippen molar-refractivity contribution >= 4 is 38.4 Å². The zero-order chi connectivity index (χ0) is 19.0. The fourth-order valence-corrected chi connectivity index (χ4v) is 4.01. The number of carbonyl (C=O) groups excluding carboxylic acids is 1. The van der Waals surface area contributed by atoms with Crippen molar-refractivity contribution in [3.05, 3.63) is 64.0 Å². The van der Waals surface area contributed by atoms with Crippen molar-refractivity contribution in [2.24, 2.45) is 0 Å². The van der Waals surface area contributed by atoms with Gasteiger partial charge in [-0.2, -0.15) is 0 Å². The average Bonchev–Trinajstić information content (AvgIpc) is 2.70. The fraction of sp³-hybridized carbons (Fsp3) is 0.286. The van der Waals surface area contributed by atoms with Crippen LogP contribution in [0.2, 0.25) is 0 Å². The van der Waals surface area contributed by atoms with Gasteiger partial charge in [0.15, 0.2) is 0 Å². The molecular weight excluding hydrogens is 404 g/mol. The average molecular weight is 425 g/mol. The van der Waals surface area contributed by atoms with Crippen LogP contribution in [-0.4, -0.2) is 47.0 Å². The van der Waals surface area contributed by atoms with E-state index in [0.29, 0.717) is 18.7 Å². The molecule has 4 rings (SSSR count). The molecule has 3 heterocycles. The minimum atomic E-state index is 0.0537. The summed E-state index contributed by atoms with van der Waals surface area (Å²) in [4.78, 5) is 25.8. The van der Waals surface area contributed by atoms with Gasteiger partial charge in [-0.3, -0.25) is 14.8 Å².